The van der Waals surface area contributed by atoms with E-state index >= 15 is 0 Å². The van der Waals surface area contributed by atoms with Crippen molar-refractivity contribution in [2.45, 2.75) is 38.0 Å². The van der Waals surface area contributed by atoms with Gasteiger partial charge in [-0.05, 0) is 43.3 Å². The number of benzene rings is 1. The Labute approximate surface area is 283 Å². The summed E-state index contributed by atoms with van der Waals surface area (Å²) in [5, 5.41) is 21.4. The maximum absolute atomic E-state index is 10.6. The van der Waals surface area contributed by atoms with Crippen molar-refractivity contribution >= 4 is 23.4 Å². The summed E-state index contributed by atoms with van der Waals surface area (Å²) in [6, 6.07) is 21.4. The lowest BCUT2D eigenvalue weighted by atomic mass is 10.1. The largest absolute Gasteiger partial charge is 0.490 e. The summed E-state index contributed by atoms with van der Waals surface area (Å²) in [6.07, 6.45) is -11.1. The molecule has 0 spiro atoms. The predicted molar refractivity (Wildman–Crippen MR) is 161 cm³/mol. The van der Waals surface area contributed by atoms with Crippen molar-refractivity contribution in [1.82, 2.24) is 24.2 Å². The first-order chi connectivity index (χ1) is 23.5. The van der Waals surface area contributed by atoms with Crippen molar-refractivity contribution in [1.29, 1.82) is 0 Å². The van der Waals surface area contributed by atoms with Crippen molar-refractivity contribution in [2.75, 3.05) is 26.7 Å². The van der Waals surface area contributed by atoms with Crippen LogP contribution in [0.25, 0.3) is 16.6 Å². The lowest BCUT2D eigenvalue weighted by molar-refractivity contribution is -0.193. The van der Waals surface area contributed by atoms with Crippen LogP contribution < -0.4 is 0 Å². The SMILES string of the molecule is Cc1cccc(CN2CCN(C)C(c3ncn4cc(-c5ccccc5)ccc34)C2)n1.O=C(O)C(F)(F)F.O=C(O)C(F)(F)F.O=C(O)C(F)(F)F. The van der Waals surface area contributed by atoms with Gasteiger partial charge < -0.3 is 19.7 Å². The molecular formula is C31H30F9N5O6. The molecule has 1 unspecified atom stereocenters. The predicted octanol–water partition coefficient (Wildman–Crippen LogP) is 6.09. The molecule has 0 saturated carbocycles. The van der Waals surface area contributed by atoms with E-state index in [0.717, 1.165) is 43.3 Å². The van der Waals surface area contributed by atoms with Gasteiger partial charge in [-0.25, -0.2) is 19.4 Å². The molecule has 1 fully saturated rings. The number of piperazine rings is 1. The van der Waals surface area contributed by atoms with Crippen LogP contribution in [0.15, 0.2) is 73.2 Å². The first-order valence-corrected chi connectivity index (χ1v) is 14.3. The van der Waals surface area contributed by atoms with E-state index in [-0.39, 0.29) is 6.04 Å². The summed E-state index contributed by atoms with van der Waals surface area (Å²) in [6.45, 7) is 5.97. The number of fused-ring (bicyclic) bond motifs is 1. The third-order valence-electron chi connectivity index (χ3n) is 6.77. The molecule has 0 aliphatic carbocycles. The van der Waals surface area contributed by atoms with Gasteiger partial charge in [-0.1, -0.05) is 42.5 Å². The van der Waals surface area contributed by atoms with Crippen LogP contribution in [0.1, 0.15) is 23.1 Å². The molecule has 4 aromatic rings. The van der Waals surface area contributed by atoms with E-state index < -0.39 is 36.4 Å². The van der Waals surface area contributed by atoms with E-state index in [9.17, 15) is 39.5 Å². The molecule has 0 amide bonds. The van der Waals surface area contributed by atoms with Crippen molar-refractivity contribution in [3.63, 3.8) is 0 Å². The summed E-state index contributed by atoms with van der Waals surface area (Å²) in [4.78, 5) is 41.1. The summed E-state index contributed by atoms with van der Waals surface area (Å²) in [5.74, 6) is -8.27. The number of halogens is 9. The number of hydrogen-bond donors (Lipinski definition) is 3. The lowest BCUT2D eigenvalue weighted by Crippen LogP contribution is -2.46. The Morgan fingerprint density at radius 1 is 0.745 bits per heavy atom. The topological polar surface area (TPSA) is 149 Å². The Kier molecular flexibility index (Phi) is 14.5. The zero-order valence-electron chi connectivity index (χ0n) is 26.5. The fourth-order valence-electron chi connectivity index (χ4n) is 4.36. The minimum absolute atomic E-state index is 0.274. The molecule has 1 aromatic carbocycles. The third kappa shape index (κ3) is 13.5. The van der Waals surface area contributed by atoms with Gasteiger partial charge in [0.25, 0.3) is 0 Å². The molecule has 0 bridgehead atoms. The highest BCUT2D eigenvalue weighted by molar-refractivity contribution is 5.73. The fraction of sp³-hybridized carbons (Fsp3) is 0.323. The van der Waals surface area contributed by atoms with Crippen LogP contribution in [0, 0.1) is 6.92 Å². The zero-order valence-corrected chi connectivity index (χ0v) is 26.5. The quantitative estimate of drug-likeness (QED) is 0.210. The van der Waals surface area contributed by atoms with Crippen LogP contribution in [0.5, 0.6) is 0 Å². The van der Waals surface area contributed by atoms with Crippen LogP contribution >= 0.6 is 0 Å². The second-order valence-corrected chi connectivity index (χ2v) is 10.6. The first-order valence-electron chi connectivity index (χ1n) is 14.3. The van der Waals surface area contributed by atoms with Gasteiger partial charge >= 0.3 is 36.4 Å². The standard InChI is InChI=1S/C25H27N5.3C2HF3O2/c1-19-7-6-10-22(27-19)16-29-14-13-28(2)24(17-29)25-23-12-11-21(15-30(23)18-26-25)20-8-4-3-5-9-20;3*3-2(4,5)1(6)7/h3-12,15,18,24H,13-14,16-17H2,1-2H3;3*(H,6,7). The van der Waals surface area contributed by atoms with E-state index in [1.807, 2.05) is 12.4 Å². The normalized spacial score (nSPS) is 15.3. The molecule has 0 radical (unpaired) electrons. The number of aromatic nitrogens is 3. The van der Waals surface area contributed by atoms with Crippen molar-refractivity contribution in [3.8, 4) is 11.1 Å². The van der Waals surface area contributed by atoms with Crippen LogP contribution in [0.2, 0.25) is 0 Å². The second kappa shape index (κ2) is 17.6. The third-order valence-corrected chi connectivity index (χ3v) is 6.77. The van der Waals surface area contributed by atoms with Gasteiger partial charge in [-0.15, -0.1) is 0 Å². The molecule has 1 atom stereocenters. The Bertz CT molecular complexity index is 1710. The summed E-state index contributed by atoms with van der Waals surface area (Å²) >= 11 is 0. The van der Waals surface area contributed by atoms with Gasteiger partial charge in [0, 0.05) is 38.1 Å². The van der Waals surface area contributed by atoms with E-state index in [1.54, 1.807) is 0 Å². The van der Waals surface area contributed by atoms with E-state index in [0.29, 0.717) is 0 Å². The number of pyridine rings is 2. The van der Waals surface area contributed by atoms with Crippen LogP contribution in [-0.4, -0.2) is 103 Å². The average molecular weight is 740 g/mol. The van der Waals surface area contributed by atoms with Gasteiger partial charge in [-0.2, -0.15) is 39.5 Å². The Morgan fingerprint density at radius 3 is 1.76 bits per heavy atom. The highest BCUT2D eigenvalue weighted by Gasteiger charge is 2.39. The summed E-state index contributed by atoms with van der Waals surface area (Å²) in [7, 11) is 2.20. The fourth-order valence-corrected chi connectivity index (χ4v) is 4.36. The number of rotatable bonds is 4. The first kappa shape index (κ1) is 41.9. The molecule has 1 saturated heterocycles. The number of imidazole rings is 1. The van der Waals surface area contributed by atoms with E-state index in [2.05, 4.69) is 94.0 Å². The number of carbonyl (C=O) groups is 3. The molecule has 278 valence electrons. The van der Waals surface area contributed by atoms with Gasteiger partial charge in [0.2, 0.25) is 0 Å². The number of hydrogen-bond acceptors (Lipinski definition) is 7. The molecule has 1 aliphatic rings. The molecule has 51 heavy (non-hydrogen) atoms. The van der Waals surface area contributed by atoms with Crippen molar-refractivity contribution in [2.24, 2.45) is 0 Å². The van der Waals surface area contributed by atoms with Gasteiger partial charge in [0.05, 0.1) is 29.3 Å². The molecule has 4 heterocycles. The Balaban J connectivity index is 0.000000352. The molecule has 1 aliphatic heterocycles. The van der Waals surface area contributed by atoms with Crippen molar-refractivity contribution in [3.05, 3.63) is 90.3 Å². The molecule has 5 rings (SSSR count). The van der Waals surface area contributed by atoms with Crippen LogP contribution in [0.3, 0.4) is 0 Å². The van der Waals surface area contributed by atoms with E-state index in [1.165, 1.54) is 16.6 Å². The smallest absolute Gasteiger partial charge is 0.475 e. The molecule has 11 nitrogen and oxygen atoms in total. The minimum Gasteiger partial charge on any atom is -0.475 e. The number of carboxylic acids is 3. The lowest BCUT2D eigenvalue weighted by Gasteiger charge is -2.38. The number of likely N-dealkylation sites (N-methyl/N-ethyl adjacent to an activating group) is 1. The monoisotopic (exact) mass is 739 g/mol. The Morgan fingerprint density at radius 2 is 1.27 bits per heavy atom. The molecule has 20 heteroatoms. The molecular weight excluding hydrogens is 709 g/mol. The van der Waals surface area contributed by atoms with Gasteiger partial charge in [-0.3, -0.25) is 14.8 Å². The Hall–Kier alpha value is -5.24. The van der Waals surface area contributed by atoms with E-state index in [4.69, 9.17) is 34.7 Å². The molecule has 3 aromatic heterocycles. The molecule has 3 N–H and O–H groups in total. The summed E-state index contributed by atoms with van der Waals surface area (Å²) in [5.41, 5.74) is 6.98. The number of carboxylic acid groups (broad SMARTS) is 3. The number of alkyl halides is 9. The van der Waals surface area contributed by atoms with Crippen LogP contribution in [-0.2, 0) is 20.9 Å². The van der Waals surface area contributed by atoms with Crippen molar-refractivity contribution < 1.29 is 69.2 Å². The second-order valence-electron chi connectivity index (χ2n) is 10.6. The highest BCUT2D eigenvalue weighted by Crippen LogP contribution is 2.29. The zero-order chi connectivity index (χ0) is 38.7. The number of nitrogens with zero attached hydrogens (tertiary/aromatic N) is 5. The highest BCUT2D eigenvalue weighted by atomic mass is 19.4. The summed E-state index contributed by atoms with van der Waals surface area (Å²) < 4.78 is 97.4. The average Bonchev–Trinajstić information content (AvgIpc) is 3.45. The maximum atomic E-state index is 10.6. The van der Waals surface area contributed by atoms with Gasteiger partial charge in [0.15, 0.2) is 0 Å². The van der Waals surface area contributed by atoms with Gasteiger partial charge in [0.1, 0.15) is 0 Å². The van der Waals surface area contributed by atoms with Crippen LogP contribution in [0.4, 0.5) is 39.5 Å². The maximum Gasteiger partial charge on any atom is 0.490 e. The number of aryl methyl sites for hydroxylation is 1. The number of aliphatic carboxylic acids is 3. The minimum atomic E-state index is -5.08.